The van der Waals surface area contributed by atoms with Gasteiger partial charge in [0.15, 0.2) is 5.75 Å². The number of aromatic nitrogens is 2. The van der Waals surface area contributed by atoms with Gasteiger partial charge in [-0.2, -0.15) is 10.4 Å². The van der Waals surface area contributed by atoms with Crippen molar-refractivity contribution in [2.75, 3.05) is 7.05 Å². The van der Waals surface area contributed by atoms with Crippen molar-refractivity contribution in [3.8, 4) is 17.6 Å². The Balaban J connectivity index is 1.97. The number of aryl methyl sites for hydroxylation is 2. The van der Waals surface area contributed by atoms with Gasteiger partial charge in [0.2, 0.25) is 5.91 Å². The number of likely N-dealkylation sites (N-methyl/N-ethyl adjacent to an activating group) is 1. The van der Waals surface area contributed by atoms with E-state index in [4.69, 9.17) is 4.74 Å². The first-order valence-electron chi connectivity index (χ1n) is 8.41. The largest absolute Gasteiger partial charge is 0.453 e. The van der Waals surface area contributed by atoms with Crippen LogP contribution >= 0.6 is 0 Å². The molecule has 1 amide bonds. The van der Waals surface area contributed by atoms with Crippen LogP contribution in [0.4, 0.5) is 0 Å². The van der Waals surface area contributed by atoms with Crippen LogP contribution in [0.1, 0.15) is 46.8 Å². The van der Waals surface area contributed by atoms with Crippen LogP contribution in [0.3, 0.4) is 0 Å². The molecule has 6 heteroatoms. The first-order chi connectivity index (χ1) is 11.9. The topological polar surface area (TPSA) is 79.9 Å². The molecule has 25 heavy (non-hydrogen) atoms. The molecule has 1 aliphatic carbocycles. The van der Waals surface area contributed by atoms with E-state index in [1.165, 1.54) is 0 Å². The molecular weight excluding hydrogens is 316 g/mol. The minimum atomic E-state index is -0.0930. The summed E-state index contributed by atoms with van der Waals surface area (Å²) in [7, 11) is 1.61. The SMILES string of the molecule is CNC(=O)Cn1nc(C2CC2)c(Oc2cc(C)c(C#N)c(C)c2)c1C. The van der Waals surface area contributed by atoms with E-state index in [1.54, 1.807) is 11.7 Å². The smallest absolute Gasteiger partial charge is 0.241 e. The van der Waals surface area contributed by atoms with E-state index >= 15 is 0 Å². The fourth-order valence-electron chi connectivity index (χ4n) is 2.95. The van der Waals surface area contributed by atoms with Gasteiger partial charge in [-0.25, -0.2) is 0 Å². The van der Waals surface area contributed by atoms with Crippen LogP contribution < -0.4 is 10.1 Å². The number of nitriles is 1. The average molecular weight is 338 g/mol. The standard InChI is InChI=1S/C19H22N4O2/c1-11-7-15(8-12(2)16(11)9-20)25-19-13(3)23(10-17(24)21-4)22-18(19)14-5-6-14/h7-8,14H,5-6,10H2,1-4H3,(H,21,24). The molecule has 0 saturated heterocycles. The lowest BCUT2D eigenvalue weighted by Crippen LogP contribution is -2.24. The monoisotopic (exact) mass is 338 g/mol. The Labute approximate surface area is 147 Å². The highest BCUT2D eigenvalue weighted by Gasteiger charge is 2.32. The number of carbonyl (C=O) groups excluding carboxylic acids is 1. The summed E-state index contributed by atoms with van der Waals surface area (Å²) in [6.07, 6.45) is 2.19. The van der Waals surface area contributed by atoms with E-state index in [9.17, 15) is 10.1 Å². The number of carbonyl (C=O) groups is 1. The van der Waals surface area contributed by atoms with E-state index < -0.39 is 0 Å². The second-order valence-corrected chi connectivity index (χ2v) is 6.55. The Morgan fingerprint density at radius 1 is 1.36 bits per heavy atom. The predicted octanol–water partition coefficient (Wildman–Crippen LogP) is 3.10. The molecule has 130 valence electrons. The number of ether oxygens (including phenoxy) is 1. The molecule has 1 saturated carbocycles. The van der Waals surface area contributed by atoms with Gasteiger partial charge in [0.1, 0.15) is 18.0 Å². The van der Waals surface area contributed by atoms with E-state index in [2.05, 4.69) is 16.5 Å². The predicted molar refractivity (Wildman–Crippen MR) is 93.7 cm³/mol. The van der Waals surface area contributed by atoms with Gasteiger partial charge >= 0.3 is 0 Å². The summed E-state index contributed by atoms with van der Waals surface area (Å²) in [5.41, 5.74) is 4.22. The third kappa shape index (κ3) is 3.36. The number of rotatable bonds is 5. The van der Waals surface area contributed by atoms with Gasteiger partial charge in [-0.1, -0.05) is 0 Å². The average Bonchev–Trinajstić information content (AvgIpc) is 3.36. The Kier molecular flexibility index (Phi) is 4.49. The highest BCUT2D eigenvalue weighted by molar-refractivity contribution is 5.75. The van der Waals surface area contributed by atoms with Crippen molar-refractivity contribution in [1.29, 1.82) is 5.26 Å². The number of nitrogens with one attached hydrogen (secondary N) is 1. The maximum Gasteiger partial charge on any atom is 0.241 e. The van der Waals surface area contributed by atoms with Crippen LogP contribution in [0.25, 0.3) is 0 Å². The Morgan fingerprint density at radius 2 is 2.00 bits per heavy atom. The summed E-state index contributed by atoms with van der Waals surface area (Å²) in [4.78, 5) is 11.7. The van der Waals surface area contributed by atoms with Crippen LogP contribution in [0.2, 0.25) is 0 Å². The van der Waals surface area contributed by atoms with Crippen LogP contribution in [0.5, 0.6) is 11.5 Å². The van der Waals surface area contributed by atoms with Gasteiger partial charge in [-0.05, 0) is 56.9 Å². The number of hydrogen-bond acceptors (Lipinski definition) is 4. The Morgan fingerprint density at radius 3 is 2.52 bits per heavy atom. The quantitative estimate of drug-likeness (QED) is 0.908. The molecule has 2 aromatic rings. The third-order valence-electron chi connectivity index (χ3n) is 4.55. The molecule has 1 heterocycles. The van der Waals surface area contributed by atoms with Crippen molar-refractivity contribution in [1.82, 2.24) is 15.1 Å². The van der Waals surface area contributed by atoms with Crippen LogP contribution in [-0.4, -0.2) is 22.7 Å². The van der Waals surface area contributed by atoms with Crippen molar-refractivity contribution < 1.29 is 9.53 Å². The molecule has 0 spiro atoms. The summed E-state index contributed by atoms with van der Waals surface area (Å²) in [6, 6.07) is 5.97. The Bertz CT molecular complexity index is 849. The maximum atomic E-state index is 11.7. The molecule has 0 unspecified atom stereocenters. The summed E-state index contributed by atoms with van der Waals surface area (Å²) in [6.45, 7) is 5.90. The highest BCUT2D eigenvalue weighted by atomic mass is 16.5. The van der Waals surface area contributed by atoms with Crippen molar-refractivity contribution in [2.45, 2.75) is 46.1 Å². The van der Waals surface area contributed by atoms with Crippen LogP contribution in [0.15, 0.2) is 12.1 Å². The van der Waals surface area contributed by atoms with Crippen molar-refractivity contribution in [3.05, 3.63) is 40.2 Å². The van der Waals surface area contributed by atoms with Gasteiger partial charge in [0.25, 0.3) is 0 Å². The van der Waals surface area contributed by atoms with Gasteiger partial charge in [-0.3, -0.25) is 9.48 Å². The molecule has 0 radical (unpaired) electrons. The van der Waals surface area contributed by atoms with E-state index in [1.807, 2.05) is 32.9 Å². The third-order valence-corrected chi connectivity index (χ3v) is 4.55. The normalized spacial score (nSPS) is 13.4. The number of amides is 1. The van der Waals surface area contributed by atoms with Crippen LogP contribution in [0, 0.1) is 32.1 Å². The van der Waals surface area contributed by atoms with Crippen molar-refractivity contribution >= 4 is 5.91 Å². The molecule has 6 nitrogen and oxygen atoms in total. The van der Waals surface area contributed by atoms with Crippen molar-refractivity contribution in [3.63, 3.8) is 0 Å². The Hall–Kier alpha value is -2.81. The maximum absolute atomic E-state index is 11.7. The fraction of sp³-hybridized carbons (Fsp3) is 0.421. The second-order valence-electron chi connectivity index (χ2n) is 6.55. The summed E-state index contributed by atoms with van der Waals surface area (Å²) in [5, 5.41) is 16.5. The minimum Gasteiger partial charge on any atom is -0.453 e. The van der Waals surface area contributed by atoms with Crippen molar-refractivity contribution in [2.24, 2.45) is 0 Å². The summed E-state index contributed by atoms with van der Waals surface area (Å²) in [5.74, 6) is 1.73. The molecule has 1 aromatic heterocycles. The summed E-state index contributed by atoms with van der Waals surface area (Å²) < 4.78 is 7.87. The first-order valence-corrected chi connectivity index (χ1v) is 8.41. The zero-order valence-corrected chi connectivity index (χ0v) is 15.0. The lowest BCUT2D eigenvalue weighted by molar-refractivity contribution is -0.121. The van der Waals surface area contributed by atoms with Gasteiger partial charge in [0.05, 0.1) is 17.3 Å². The zero-order chi connectivity index (χ0) is 18.1. The molecular formula is C19H22N4O2. The van der Waals surface area contributed by atoms with E-state index in [-0.39, 0.29) is 12.5 Å². The van der Waals surface area contributed by atoms with Gasteiger partial charge in [0, 0.05) is 13.0 Å². The molecule has 0 aliphatic heterocycles. The first kappa shape index (κ1) is 17.0. The lowest BCUT2D eigenvalue weighted by atomic mass is 10.0. The van der Waals surface area contributed by atoms with Gasteiger partial charge < -0.3 is 10.1 Å². The second kappa shape index (κ2) is 6.60. The number of benzene rings is 1. The minimum absolute atomic E-state index is 0.0930. The number of hydrogen-bond donors (Lipinski definition) is 1. The van der Waals surface area contributed by atoms with E-state index in [0.29, 0.717) is 17.2 Å². The molecule has 1 N–H and O–H groups in total. The summed E-state index contributed by atoms with van der Waals surface area (Å²) >= 11 is 0. The molecule has 0 atom stereocenters. The van der Waals surface area contributed by atoms with Crippen LogP contribution in [-0.2, 0) is 11.3 Å². The zero-order valence-electron chi connectivity index (χ0n) is 15.0. The van der Waals surface area contributed by atoms with Gasteiger partial charge in [-0.15, -0.1) is 0 Å². The molecule has 3 rings (SSSR count). The molecule has 0 bridgehead atoms. The fourth-order valence-corrected chi connectivity index (χ4v) is 2.95. The number of nitrogens with zero attached hydrogens (tertiary/aromatic N) is 3. The highest BCUT2D eigenvalue weighted by Crippen LogP contribution is 2.46. The lowest BCUT2D eigenvalue weighted by Gasteiger charge is -2.10. The van der Waals surface area contributed by atoms with E-state index in [0.717, 1.165) is 41.1 Å². The molecule has 1 aromatic carbocycles. The molecule has 1 fully saturated rings. The molecule has 1 aliphatic rings.